The fourth-order valence-corrected chi connectivity index (χ4v) is 10.2. The van der Waals surface area contributed by atoms with Crippen LogP contribution in [0, 0.1) is 91.9 Å². The highest BCUT2D eigenvalue weighted by molar-refractivity contribution is 7.16. The Morgan fingerprint density at radius 3 is 1.77 bits per heavy atom. The lowest BCUT2D eigenvalue weighted by Gasteiger charge is -2.25. The molecule has 0 amide bonds. The van der Waals surface area contributed by atoms with Crippen molar-refractivity contribution in [1.82, 2.24) is 44.7 Å². The number of nitrogens with zero attached hydrogens (tertiary/aromatic N) is 16. The second-order valence-electron chi connectivity index (χ2n) is 20.5. The van der Waals surface area contributed by atoms with Gasteiger partial charge in [0.05, 0.1) is 11.9 Å². The van der Waals surface area contributed by atoms with E-state index in [0.29, 0.717) is 53.6 Å². The number of anilines is 8. The quantitative estimate of drug-likeness (QED) is 0.0419. The van der Waals surface area contributed by atoms with Gasteiger partial charge in [0.2, 0.25) is 22.0 Å². The number of hydrogen-bond donors (Lipinski definition) is 5. The van der Waals surface area contributed by atoms with E-state index in [1.54, 1.807) is 7.05 Å². The van der Waals surface area contributed by atoms with Gasteiger partial charge in [-0.1, -0.05) is 85.2 Å². The van der Waals surface area contributed by atoms with Crippen LogP contribution >= 0.6 is 11.3 Å². The lowest BCUT2D eigenvalue weighted by atomic mass is 9.90. The molecule has 0 saturated carbocycles. The zero-order valence-corrected chi connectivity index (χ0v) is 47.6. The number of benzene rings is 3. The second kappa shape index (κ2) is 22.7. The van der Waals surface area contributed by atoms with Gasteiger partial charge < -0.3 is 31.3 Å². The van der Waals surface area contributed by atoms with Crippen molar-refractivity contribution in [3.8, 4) is 22.4 Å². The molecule has 8 rings (SSSR count). The van der Waals surface area contributed by atoms with Crippen LogP contribution in [0.25, 0.3) is 10.3 Å². The van der Waals surface area contributed by atoms with E-state index >= 15 is 0 Å². The third-order valence-electron chi connectivity index (χ3n) is 12.8. The molecule has 5 heterocycles. The van der Waals surface area contributed by atoms with Gasteiger partial charge in [-0.25, -0.2) is 9.67 Å². The summed E-state index contributed by atoms with van der Waals surface area (Å²) in [7, 11) is 3.72. The van der Waals surface area contributed by atoms with Crippen LogP contribution in [0.5, 0.6) is 0 Å². The predicted molar refractivity (Wildman–Crippen MR) is 308 cm³/mol. The largest absolute Gasteiger partial charge is 0.396 e. The molecular weight excluding hydrogens is 1000 g/mol. The van der Waals surface area contributed by atoms with Crippen molar-refractivity contribution < 1.29 is 5.11 Å². The van der Waals surface area contributed by atoms with Gasteiger partial charge in [-0.2, -0.15) is 30.3 Å². The zero-order chi connectivity index (χ0) is 56.3. The Morgan fingerprint density at radius 2 is 1.22 bits per heavy atom. The highest BCUT2D eigenvalue weighted by Gasteiger charge is 2.30. The summed E-state index contributed by atoms with van der Waals surface area (Å²) in [6, 6.07) is 19.2. The van der Waals surface area contributed by atoms with Crippen molar-refractivity contribution in [3.05, 3.63) is 121 Å². The van der Waals surface area contributed by atoms with Gasteiger partial charge in [0, 0.05) is 49.7 Å². The molecule has 3 aromatic carbocycles. The first-order valence-electron chi connectivity index (χ1n) is 25.3. The molecule has 0 atom stereocenters. The summed E-state index contributed by atoms with van der Waals surface area (Å²) >= 11 is 1.10. The Labute approximate surface area is 458 Å². The van der Waals surface area contributed by atoms with Crippen molar-refractivity contribution in [1.29, 1.82) is 10.5 Å². The van der Waals surface area contributed by atoms with Crippen molar-refractivity contribution in [2.75, 3.05) is 53.4 Å². The molecule has 22 heteroatoms. The molecular formula is C56H64N20OS. The van der Waals surface area contributed by atoms with Crippen LogP contribution < -0.4 is 26.2 Å². The average Bonchev–Trinajstić information content (AvgIpc) is 4.20. The topological polar surface area (TPSA) is 269 Å². The smallest absolute Gasteiger partial charge is 0.236 e. The fraction of sp³-hybridized carbons (Fsp3) is 0.339. The molecule has 0 bridgehead atoms. The monoisotopic (exact) mass is 1060 g/mol. The van der Waals surface area contributed by atoms with E-state index in [-0.39, 0.29) is 45.3 Å². The third kappa shape index (κ3) is 11.5. The van der Waals surface area contributed by atoms with Crippen LogP contribution in [0.2, 0.25) is 0 Å². The maximum absolute atomic E-state index is 10.8. The SMILES string of the molecule is CNc1nc(NCCCO)c(N=Nc2nn(-c3nnc(-n4nc(C(C)(C)C)c(C#N)c4N=Nc4c(C)cc(N(C)c5c(C)cc(C)cc5C)nc4Nc4c(C)cc(C)cc4C)s3)cc2C#N)c(Nc2c(C)cc(C)cc2C)n1. The number of azo groups is 2. The number of nitrogens with one attached hydrogen (secondary N) is 4. The molecule has 0 radical (unpaired) electrons. The van der Waals surface area contributed by atoms with E-state index in [1.807, 2.05) is 61.6 Å². The average molecular weight is 1070 g/mol. The van der Waals surface area contributed by atoms with E-state index in [1.165, 1.54) is 21.1 Å². The van der Waals surface area contributed by atoms with Gasteiger partial charge in [0.25, 0.3) is 0 Å². The highest BCUT2D eigenvalue weighted by atomic mass is 32.1. The molecule has 0 fully saturated rings. The highest BCUT2D eigenvalue weighted by Crippen LogP contribution is 2.42. The van der Waals surface area contributed by atoms with Gasteiger partial charge in [-0.3, -0.25) is 0 Å². The van der Waals surface area contributed by atoms with E-state index in [9.17, 15) is 15.6 Å². The maximum Gasteiger partial charge on any atom is 0.236 e. The summed E-state index contributed by atoms with van der Waals surface area (Å²) in [5.41, 5.74) is 14.2. The molecule has 0 saturated heterocycles. The van der Waals surface area contributed by atoms with E-state index in [4.69, 9.17) is 25.3 Å². The molecule has 8 aromatic rings. The number of aliphatic hydroxyl groups is 1. The van der Waals surface area contributed by atoms with E-state index < -0.39 is 5.41 Å². The fourth-order valence-electron chi connectivity index (χ4n) is 9.46. The molecule has 5 aromatic heterocycles. The zero-order valence-electron chi connectivity index (χ0n) is 46.8. The Balaban J connectivity index is 1.20. The molecule has 0 aliphatic carbocycles. The normalized spacial score (nSPS) is 11.6. The lowest BCUT2D eigenvalue weighted by molar-refractivity contribution is 0.292. The summed E-state index contributed by atoms with van der Waals surface area (Å²) in [5.74, 6) is 2.29. The first-order valence-corrected chi connectivity index (χ1v) is 26.1. The lowest BCUT2D eigenvalue weighted by Crippen LogP contribution is -2.15. The molecule has 0 aliphatic rings. The van der Waals surface area contributed by atoms with Gasteiger partial charge in [-0.05, 0) is 121 Å². The summed E-state index contributed by atoms with van der Waals surface area (Å²) in [5, 5.41) is 81.9. The molecule has 78 heavy (non-hydrogen) atoms. The molecule has 0 spiro atoms. The summed E-state index contributed by atoms with van der Waals surface area (Å²) in [4.78, 5) is 16.6. The Kier molecular flexibility index (Phi) is 16.1. The minimum Gasteiger partial charge on any atom is -0.396 e. The van der Waals surface area contributed by atoms with Gasteiger partial charge >= 0.3 is 0 Å². The van der Waals surface area contributed by atoms with Crippen LogP contribution in [0.3, 0.4) is 0 Å². The summed E-state index contributed by atoms with van der Waals surface area (Å²) < 4.78 is 2.84. The third-order valence-corrected chi connectivity index (χ3v) is 13.7. The van der Waals surface area contributed by atoms with Crippen LogP contribution in [0.4, 0.5) is 69.3 Å². The summed E-state index contributed by atoms with van der Waals surface area (Å²) in [6.45, 7) is 26.7. The number of aromatic nitrogens is 9. The van der Waals surface area contributed by atoms with E-state index in [0.717, 1.165) is 78.5 Å². The number of hydrogen-bond acceptors (Lipinski definition) is 20. The Bertz CT molecular complexity index is 3680. The standard InChI is InChI=1S/C56H64N20OS/c1-29-19-32(4)42(33(5)20-29)62-50-44(36(8)25-41(61-50)74(15)46-37(9)23-31(3)24-38(46)10)66-69-52-40(27-58)47(56(11,12)13)72-76(52)55-71-70-54(78-55)75-28-39(26-57)48(73-75)68-67-45-49(60-17-16-18-77)64-53(59-14)65-51(45)63-43-34(6)21-30(2)22-35(43)7/h19-25,28,77H,16-18H2,1-15H3,(H,61,62)(H3,59,60,63,64,65). The number of aliphatic hydroxyl groups excluding tert-OH is 1. The van der Waals surface area contributed by atoms with Crippen LogP contribution in [0.1, 0.15) is 99.6 Å². The van der Waals surface area contributed by atoms with Crippen molar-refractivity contribution in [2.24, 2.45) is 20.5 Å². The second-order valence-corrected chi connectivity index (χ2v) is 21.4. The van der Waals surface area contributed by atoms with Crippen LogP contribution in [-0.4, -0.2) is 77.1 Å². The van der Waals surface area contributed by atoms with Gasteiger partial charge in [-0.15, -0.1) is 35.8 Å². The van der Waals surface area contributed by atoms with Gasteiger partial charge in [0.15, 0.2) is 29.0 Å². The minimum absolute atomic E-state index is 0.0111. The molecule has 400 valence electrons. The van der Waals surface area contributed by atoms with Crippen LogP contribution in [0.15, 0.2) is 69.1 Å². The Morgan fingerprint density at radius 1 is 0.667 bits per heavy atom. The maximum atomic E-state index is 10.8. The molecule has 0 aliphatic heterocycles. The number of aryl methyl sites for hydroxylation is 10. The van der Waals surface area contributed by atoms with Crippen LogP contribution in [-0.2, 0) is 5.41 Å². The minimum atomic E-state index is -0.597. The molecule has 0 unspecified atom stereocenters. The number of nitriles is 2. The molecule has 21 nitrogen and oxygen atoms in total. The molecule has 5 N–H and O–H groups in total. The van der Waals surface area contributed by atoms with Crippen molar-refractivity contribution in [2.45, 2.75) is 102 Å². The van der Waals surface area contributed by atoms with E-state index in [2.05, 4.69) is 147 Å². The first-order chi connectivity index (χ1) is 37.1. The number of pyridine rings is 1. The predicted octanol–water partition coefficient (Wildman–Crippen LogP) is 13.1. The van der Waals surface area contributed by atoms with Gasteiger partial charge in [0.1, 0.15) is 34.8 Å². The first kappa shape index (κ1) is 55.2. The summed E-state index contributed by atoms with van der Waals surface area (Å²) in [6.07, 6.45) is 1.93. The van der Waals surface area contributed by atoms with Crippen molar-refractivity contribution in [3.63, 3.8) is 0 Å². The Hall–Kier alpha value is -8.99. The number of rotatable bonds is 17. The van der Waals surface area contributed by atoms with Crippen molar-refractivity contribution >= 4 is 80.6 Å².